The highest BCUT2D eigenvalue weighted by Crippen LogP contribution is 2.27. The smallest absolute Gasteiger partial charge is 0.257 e. The van der Waals surface area contributed by atoms with Crippen LogP contribution in [0.1, 0.15) is 10.4 Å². The Morgan fingerprint density at radius 3 is 2.57 bits per heavy atom. The number of methoxy groups -OCH3 is 1. The van der Waals surface area contributed by atoms with E-state index in [4.69, 9.17) is 21.5 Å². The number of sulfonamides is 1. The second kappa shape index (κ2) is 6.88. The van der Waals surface area contributed by atoms with Crippen molar-refractivity contribution < 1.29 is 17.9 Å². The van der Waals surface area contributed by atoms with E-state index in [-0.39, 0.29) is 26.9 Å². The summed E-state index contributed by atoms with van der Waals surface area (Å²) in [5.74, 6) is -0.396. The number of hydrogen-bond acceptors (Lipinski definition) is 4. The van der Waals surface area contributed by atoms with Gasteiger partial charge in [-0.25, -0.2) is 13.6 Å². The maximum atomic E-state index is 12.3. The fourth-order valence-electron chi connectivity index (χ4n) is 1.85. The number of rotatable bonds is 4. The summed E-state index contributed by atoms with van der Waals surface area (Å²) >= 11 is 9.25. The summed E-state index contributed by atoms with van der Waals surface area (Å²) in [6, 6.07) is 8.95. The summed E-state index contributed by atoms with van der Waals surface area (Å²) in [6.07, 6.45) is 0. The number of hydrogen-bond donors (Lipinski definition) is 2. The molecule has 0 bridgehead atoms. The van der Waals surface area contributed by atoms with Crippen LogP contribution in [0.5, 0.6) is 5.75 Å². The highest BCUT2D eigenvalue weighted by molar-refractivity contribution is 9.10. The van der Waals surface area contributed by atoms with E-state index in [0.29, 0.717) is 4.47 Å². The maximum Gasteiger partial charge on any atom is 0.257 e. The van der Waals surface area contributed by atoms with Crippen molar-refractivity contribution in [1.29, 1.82) is 0 Å². The van der Waals surface area contributed by atoms with Gasteiger partial charge in [0.25, 0.3) is 5.91 Å². The van der Waals surface area contributed by atoms with E-state index in [1.807, 2.05) is 0 Å². The molecule has 3 N–H and O–H groups in total. The van der Waals surface area contributed by atoms with Gasteiger partial charge in [0, 0.05) is 10.2 Å². The minimum atomic E-state index is -3.99. The lowest BCUT2D eigenvalue weighted by atomic mass is 10.2. The lowest BCUT2D eigenvalue weighted by molar-refractivity contribution is 0.102. The molecule has 122 valence electrons. The quantitative estimate of drug-likeness (QED) is 0.796. The molecular formula is C14H12BrClN2O4S. The normalized spacial score (nSPS) is 11.1. The van der Waals surface area contributed by atoms with Gasteiger partial charge >= 0.3 is 0 Å². The van der Waals surface area contributed by atoms with Crippen molar-refractivity contribution in [1.82, 2.24) is 0 Å². The summed E-state index contributed by atoms with van der Waals surface area (Å²) in [5, 5.41) is 7.98. The molecule has 2 rings (SSSR count). The number of halogens is 2. The van der Waals surface area contributed by atoms with Crippen LogP contribution < -0.4 is 15.2 Å². The molecule has 0 aromatic heterocycles. The summed E-state index contributed by atoms with van der Waals surface area (Å²) in [7, 11) is -2.67. The third kappa shape index (κ3) is 4.23. The Labute approximate surface area is 146 Å². The molecule has 6 nitrogen and oxygen atoms in total. The molecule has 0 unspecified atom stereocenters. The van der Waals surface area contributed by atoms with E-state index in [1.54, 1.807) is 18.2 Å². The molecule has 0 spiro atoms. The molecule has 2 aromatic carbocycles. The molecule has 23 heavy (non-hydrogen) atoms. The molecule has 0 aliphatic carbocycles. The van der Waals surface area contributed by atoms with E-state index in [2.05, 4.69) is 21.2 Å². The molecule has 2 aromatic rings. The number of carbonyl (C=O) groups excluding carboxylic acids is 1. The number of primary sulfonamides is 1. The van der Waals surface area contributed by atoms with Crippen LogP contribution in [0, 0.1) is 0 Å². The SMILES string of the molecule is COc1ccc(NC(=O)c2cc(Br)ccc2Cl)cc1S(N)(=O)=O. The van der Waals surface area contributed by atoms with Gasteiger partial charge in [0.05, 0.1) is 17.7 Å². The summed E-state index contributed by atoms with van der Waals surface area (Å²) < 4.78 is 28.8. The Balaban J connectivity index is 2.37. The average molecular weight is 420 g/mol. The molecule has 0 saturated heterocycles. The van der Waals surface area contributed by atoms with Crippen LogP contribution in [-0.2, 0) is 10.0 Å². The fourth-order valence-corrected chi connectivity index (χ4v) is 3.13. The number of nitrogens with one attached hydrogen (secondary N) is 1. The van der Waals surface area contributed by atoms with Gasteiger partial charge in [-0.15, -0.1) is 0 Å². The predicted octanol–water partition coefficient (Wildman–Crippen LogP) is 3.01. The van der Waals surface area contributed by atoms with E-state index in [9.17, 15) is 13.2 Å². The van der Waals surface area contributed by atoms with Crippen LogP contribution in [0.2, 0.25) is 5.02 Å². The Bertz CT molecular complexity index is 871. The number of benzene rings is 2. The topological polar surface area (TPSA) is 98.5 Å². The third-order valence-corrected chi connectivity index (χ3v) is 4.66. The highest BCUT2D eigenvalue weighted by atomic mass is 79.9. The van der Waals surface area contributed by atoms with E-state index in [1.165, 1.54) is 25.3 Å². The van der Waals surface area contributed by atoms with Crippen molar-refractivity contribution in [2.45, 2.75) is 4.90 Å². The van der Waals surface area contributed by atoms with Gasteiger partial charge < -0.3 is 10.1 Å². The first-order valence-electron chi connectivity index (χ1n) is 6.19. The van der Waals surface area contributed by atoms with Crippen LogP contribution >= 0.6 is 27.5 Å². The maximum absolute atomic E-state index is 12.3. The van der Waals surface area contributed by atoms with Crippen molar-refractivity contribution in [3.8, 4) is 5.75 Å². The number of ether oxygens (including phenoxy) is 1. The second-order valence-corrected chi connectivity index (χ2v) is 7.34. The van der Waals surface area contributed by atoms with Crippen molar-refractivity contribution in [3.05, 3.63) is 51.5 Å². The van der Waals surface area contributed by atoms with Crippen molar-refractivity contribution in [3.63, 3.8) is 0 Å². The largest absolute Gasteiger partial charge is 0.495 e. The Hall–Kier alpha value is -1.61. The van der Waals surface area contributed by atoms with Crippen molar-refractivity contribution >= 4 is 49.1 Å². The van der Waals surface area contributed by atoms with Crippen LogP contribution in [0.25, 0.3) is 0 Å². The zero-order valence-electron chi connectivity index (χ0n) is 11.8. The van der Waals surface area contributed by atoms with E-state index in [0.717, 1.165) is 0 Å². The van der Waals surface area contributed by atoms with Gasteiger partial charge in [0.2, 0.25) is 10.0 Å². The molecule has 0 atom stereocenters. The minimum Gasteiger partial charge on any atom is -0.495 e. The van der Waals surface area contributed by atoms with Gasteiger partial charge in [0.15, 0.2) is 0 Å². The van der Waals surface area contributed by atoms with Crippen LogP contribution in [-0.4, -0.2) is 21.4 Å². The molecule has 9 heteroatoms. The number of nitrogens with two attached hydrogens (primary N) is 1. The number of amides is 1. The van der Waals surface area contributed by atoms with Gasteiger partial charge in [-0.05, 0) is 36.4 Å². The number of anilines is 1. The summed E-state index contributed by atoms with van der Waals surface area (Å²) in [4.78, 5) is 12.1. The predicted molar refractivity (Wildman–Crippen MR) is 91.5 cm³/mol. The van der Waals surface area contributed by atoms with Crippen LogP contribution in [0.3, 0.4) is 0 Å². The lowest BCUT2D eigenvalue weighted by Gasteiger charge is -2.11. The number of carbonyl (C=O) groups is 1. The van der Waals surface area contributed by atoms with Crippen LogP contribution in [0.4, 0.5) is 5.69 Å². The van der Waals surface area contributed by atoms with E-state index < -0.39 is 15.9 Å². The molecule has 0 aliphatic heterocycles. The van der Waals surface area contributed by atoms with E-state index >= 15 is 0 Å². The molecule has 0 saturated carbocycles. The summed E-state index contributed by atoms with van der Waals surface area (Å²) in [6.45, 7) is 0. The van der Waals surface area contributed by atoms with Gasteiger partial charge in [-0.2, -0.15) is 0 Å². The Morgan fingerprint density at radius 2 is 1.96 bits per heavy atom. The first kappa shape index (κ1) is 17.7. The van der Waals surface area contributed by atoms with Gasteiger partial charge in [-0.3, -0.25) is 4.79 Å². The van der Waals surface area contributed by atoms with Gasteiger partial charge in [-0.1, -0.05) is 27.5 Å². The zero-order chi connectivity index (χ0) is 17.2. The first-order chi connectivity index (χ1) is 10.7. The minimum absolute atomic E-state index is 0.0889. The fraction of sp³-hybridized carbons (Fsp3) is 0.0714. The zero-order valence-corrected chi connectivity index (χ0v) is 15.0. The standard InChI is InChI=1S/C14H12BrClN2O4S/c1-22-12-5-3-9(7-13(12)23(17,20)21)18-14(19)10-6-8(15)2-4-11(10)16/h2-7H,1H3,(H,18,19)(H2,17,20,21). The Morgan fingerprint density at radius 1 is 1.26 bits per heavy atom. The van der Waals surface area contributed by atoms with Crippen molar-refractivity contribution in [2.75, 3.05) is 12.4 Å². The Kier molecular flexibility index (Phi) is 5.30. The average Bonchev–Trinajstić information content (AvgIpc) is 2.48. The molecule has 0 heterocycles. The van der Waals surface area contributed by atoms with Gasteiger partial charge in [0.1, 0.15) is 10.6 Å². The first-order valence-corrected chi connectivity index (χ1v) is 8.91. The van der Waals surface area contributed by atoms with Crippen molar-refractivity contribution in [2.24, 2.45) is 5.14 Å². The molecule has 1 amide bonds. The highest BCUT2D eigenvalue weighted by Gasteiger charge is 2.17. The lowest BCUT2D eigenvalue weighted by Crippen LogP contribution is -2.16. The molecule has 0 radical (unpaired) electrons. The third-order valence-electron chi connectivity index (χ3n) is 2.90. The molecule has 0 aliphatic rings. The second-order valence-electron chi connectivity index (χ2n) is 4.49. The molecular weight excluding hydrogens is 408 g/mol. The summed E-state index contributed by atoms with van der Waals surface area (Å²) in [5.41, 5.74) is 0.491. The van der Waals surface area contributed by atoms with Crippen LogP contribution in [0.15, 0.2) is 45.8 Å². The molecule has 0 fully saturated rings. The monoisotopic (exact) mass is 418 g/mol.